The van der Waals surface area contributed by atoms with Crippen LogP contribution in [0.3, 0.4) is 0 Å². The summed E-state index contributed by atoms with van der Waals surface area (Å²) in [6.07, 6.45) is 0. The molecule has 1 amide bonds. The van der Waals surface area contributed by atoms with Crippen LogP contribution in [-0.2, 0) is 14.3 Å². The van der Waals surface area contributed by atoms with Crippen molar-refractivity contribution in [2.24, 2.45) is 0 Å². The van der Waals surface area contributed by atoms with Gasteiger partial charge in [-0.15, -0.1) is 0 Å². The number of carbonyl (C=O) groups excluding carboxylic acids is 2. The van der Waals surface area contributed by atoms with E-state index in [2.05, 4.69) is 5.32 Å². The second kappa shape index (κ2) is 7.76. The van der Waals surface area contributed by atoms with Crippen LogP contribution < -0.4 is 10.2 Å². The maximum absolute atomic E-state index is 12.9. The third-order valence-electron chi connectivity index (χ3n) is 4.19. The standard InChI is InChI=1S/C18H14N4O7/c1-29-18(24)15-10-20(12-5-3-7-14(9-12)22(27)28)17(23)16(15)19-11-4-2-6-13(8-11)21(25)26/h2-9,19H,10H2,1H3. The van der Waals surface area contributed by atoms with Crippen LogP contribution in [0.4, 0.5) is 22.7 Å². The summed E-state index contributed by atoms with van der Waals surface area (Å²) in [6, 6.07) is 10.8. The van der Waals surface area contributed by atoms with Crippen LogP contribution in [-0.4, -0.2) is 35.4 Å². The molecule has 0 aromatic heterocycles. The first-order valence-corrected chi connectivity index (χ1v) is 8.21. The molecular weight excluding hydrogens is 384 g/mol. The number of anilines is 2. The highest BCUT2D eigenvalue weighted by Crippen LogP contribution is 2.30. The fourth-order valence-electron chi connectivity index (χ4n) is 2.82. The van der Waals surface area contributed by atoms with Crippen LogP contribution in [0.5, 0.6) is 0 Å². The molecule has 1 N–H and O–H groups in total. The molecule has 0 saturated heterocycles. The Bertz CT molecular complexity index is 1060. The number of esters is 1. The van der Waals surface area contributed by atoms with E-state index in [0.29, 0.717) is 0 Å². The van der Waals surface area contributed by atoms with E-state index in [4.69, 9.17) is 4.74 Å². The number of nitro benzene ring substituents is 2. The molecule has 0 saturated carbocycles. The predicted molar refractivity (Wildman–Crippen MR) is 101 cm³/mol. The number of amides is 1. The molecule has 2 aromatic carbocycles. The van der Waals surface area contributed by atoms with Crippen molar-refractivity contribution in [2.75, 3.05) is 23.9 Å². The summed E-state index contributed by atoms with van der Waals surface area (Å²) in [5.74, 6) is -1.39. The molecule has 1 aliphatic rings. The van der Waals surface area contributed by atoms with Gasteiger partial charge in [0.15, 0.2) is 0 Å². The Morgan fingerprint density at radius 2 is 1.69 bits per heavy atom. The minimum atomic E-state index is -0.765. The highest BCUT2D eigenvalue weighted by atomic mass is 16.6. The van der Waals surface area contributed by atoms with Crippen molar-refractivity contribution < 1.29 is 24.2 Å². The van der Waals surface area contributed by atoms with Gasteiger partial charge in [-0.05, 0) is 12.1 Å². The van der Waals surface area contributed by atoms with Crippen LogP contribution in [0.15, 0.2) is 59.8 Å². The number of nitrogens with one attached hydrogen (secondary N) is 1. The van der Waals surface area contributed by atoms with Gasteiger partial charge >= 0.3 is 5.97 Å². The van der Waals surface area contributed by atoms with Crippen molar-refractivity contribution in [3.63, 3.8) is 0 Å². The molecule has 0 radical (unpaired) electrons. The molecule has 2 aromatic rings. The molecule has 0 bridgehead atoms. The molecule has 11 heteroatoms. The van der Waals surface area contributed by atoms with Crippen molar-refractivity contribution in [3.05, 3.63) is 80.0 Å². The largest absolute Gasteiger partial charge is 0.466 e. The highest BCUT2D eigenvalue weighted by molar-refractivity contribution is 6.16. The SMILES string of the molecule is COC(=O)C1=C(Nc2cccc([N+](=O)[O-])c2)C(=O)N(c2cccc([N+](=O)[O-])c2)C1. The third kappa shape index (κ3) is 3.88. The number of nitro groups is 2. The molecule has 1 aliphatic heterocycles. The predicted octanol–water partition coefficient (Wildman–Crippen LogP) is 2.39. The molecule has 0 aliphatic carbocycles. The van der Waals surface area contributed by atoms with E-state index in [0.717, 1.165) is 7.11 Å². The summed E-state index contributed by atoms with van der Waals surface area (Å²) in [4.78, 5) is 47.1. The summed E-state index contributed by atoms with van der Waals surface area (Å²) in [5, 5.41) is 24.7. The van der Waals surface area contributed by atoms with Crippen LogP contribution in [0.2, 0.25) is 0 Å². The Hall–Kier alpha value is -4.28. The van der Waals surface area contributed by atoms with Crippen molar-refractivity contribution >= 4 is 34.6 Å². The summed E-state index contributed by atoms with van der Waals surface area (Å²) in [6.45, 7) is -0.177. The van der Waals surface area contributed by atoms with Crippen LogP contribution >= 0.6 is 0 Å². The summed E-state index contributed by atoms with van der Waals surface area (Å²) in [5.41, 5.74) is -0.0862. The molecule has 1 heterocycles. The third-order valence-corrected chi connectivity index (χ3v) is 4.19. The number of methoxy groups -OCH3 is 1. The first kappa shape index (κ1) is 19.5. The number of nitrogens with zero attached hydrogens (tertiary/aromatic N) is 3. The Morgan fingerprint density at radius 1 is 1.07 bits per heavy atom. The second-order valence-electron chi connectivity index (χ2n) is 5.95. The highest BCUT2D eigenvalue weighted by Gasteiger charge is 2.36. The fraction of sp³-hybridized carbons (Fsp3) is 0.111. The molecule has 0 spiro atoms. The van der Waals surface area contributed by atoms with Gasteiger partial charge < -0.3 is 15.0 Å². The Kier molecular flexibility index (Phi) is 5.21. The van der Waals surface area contributed by atoms with Gasteiger partial charge in [-0.2, -0.15) is 0 Å². The number of carbonyl (C=O) groups is 2. The molecule has 0 atom stereocenters. The quantitative estimate of drug-likeness (QED) is 0.443. The van der Waals surface area contributed by atoms with Crippen LogP contribution in [0.25, 0.3) is 0 Å². The zero-order valence-corrected chi connectivity index (χ0v) is 15.0. The summed E-state index contributed by atoms with van der Waals surface area (Å²) in [7, 11) is 1.15. The number of rotatable bonds is 6. The molecule has 0 unspecified atom stereocenters. The monoisotopic (exact) mass is 398 g/mol. The van der Waals surface area contributed by atoms with E-state index < -0.39 is 21.7 Å². The van der Waals surface area contributed by atoms with E-state index in [1.165, 1.54) is 53.4 Å². The average molecular weight is 398 g/mol. The minimum Gasteiger partial charge on any atom is -0.466 e. The van der Waals surface area contributed by atoms with Crippen molar-refractivity contribution in [1.82, 2.24) is 0 Å². The van der Waals surface area contributed by atoms with Gasteiger partial charge in [-0.3, -0.25) is 25.0 Å². The van der Waals surface area contributed by atoms with Crippen molar-refractivity contribution in [1.29, 1.82) is 0 Å². The summed E-state index contributed by atoms with van der Waals surface area (Å²) < 4.78 is 4.73. The first-order valence-electron chi connectivity index (χ1n) is 8.21. The minimum absolute atomic E-state index is 0.00416. The topological polar surface area (TPSA) is 145 Å². The number of hydrogen-bond donors (Lipinski definition) is 1. The lowest BCUT2D eigenvalue weighted by molar-refractivity contribution is -0.385. The maximum atomic E-state index is 12.9. The molecule has 11 nitrogen and oxygen atoms in total. The summed E-state index contributed by atoms with van der Waals surface area (Å²) >= 11 is 0. The lowest BCUT2D eigenvalue weighted by Gasteiger charge is -2.16. The van der Waals surface area contributed by atoms with E-state index >= 15 is 0 Å². The molecule has 3 rings (SSSR count). The van der Waals surface area contributed by atoms with E-state index in [1.807, 2.05) is 0 Å². The fourth-order valence-corrected chi connectivity index (χ4v) is 2.82. The van der Waals surface area contributed by atoms with E-state index in [9.17, 15) is 29.8 Å². The van der Waals surface area contributed by atoms with Crippen molar-refractivity contribution in [2.45, 2.75) is 0 Å². The van der Waals surface area contributed by atoms with Gasteiger partial charge in [-0.25, -0.2) is 4.79 Å². The lowest BCUT2D eigenvalue weighted by Crippen LogP contribution is -2.28. The average Bonchev–Trinajstić information content (AvgIpc) is 3.04. The van der Waals surface area contributed by atoms with Gasteiger partial charge in [0.05, 0.1) is 34.8 Å². The van der Waals surface area contributed by atoms with Crippen LogP contribution in [0, 0.1) is 20.2 Å². The smallest absolute Gasteiger partial charge is 0.337 e. The van der Waals surface area contributed by atoms with Gasteiger partial charge in [-0.1, -0.05) is 12.1 Å². The van der Waals surface area contributed by atoms with Gasteiger partial charge in [0.2, 0.25) is 0 Å². The van der Waals surface area contributed by atoms with E-state index in [-0.39, 0.29) is 40.6 Å². The maximum Gasteiger partial charge on any atom is 0.337 e. The number of benzene rings is 2. The Balaban J connectivity index is 1.97. The second-order valence-corrected chi connectivity index (χ2v) is 5.95. The zero-order chi connectivity index (χ0) is 21.1. The van der Waals surface area contributed by atoms with E-state index in [1.54, 1.807) is 0 Å². The lowest BCUT2D eigenvalue weighted by atomic mass is 10.2. The van der Waals surface area contributed by atoms with Crippen molar-refractivity contribution in [3.8, 4) is 0 Å². The van der Waals surface area contributed by atoms with Gasteiger partial charge in [0.25, 0.3) is 17.3 Å². The molecular formula is C18H14N4O7. The first-order chi connectivity index (χ1) is 13.8. The van der Waals surface area contributed by atoms with Gasteiger partial charge in [0, 0.05) is 30.0 Å². The molecule has 0 fully saturated rings. The number of ether oxygens (including phenoxy) is 1. The zero-order valence-electron chi connectivity index (χ0n) is 15.0. The molecule has 29 heavy (non-hydrogen) atoms. The van der Waals surface area contributed by atoms with Crippen LogP contribution in [0.1, 0.15) is 0 Å². The van der Waals surface area contributed by atoms with Gasteiger partial charge in [0.1, 0.15) is 5.70 Å². The Labute approximate surface area is 163 Å². The number of non-ortho nitro benzene ring substituents is 2. The molecule has 148 valence electrons. The Morgan fingerprint density at radius 3 is 2.31 bits per heavy atom. The normalized spacial score (nSPS) is 13.4. The number of hydrogen-bond acceptors (Lipinski definition) is 8.